The Kier molecular flexibility index (Phi) is 8.06. The lowest BCUT2D eigenvalue weighted by molar-refractivity contribution is -0.122. The molecule has 0 unspecified atom stereocenters. The van der Waals surface area contributed by atoms with E-state index in [0.717, 1.165) is 45.3 Å². The van der Waals surface area contributed by atoms with Crippen molar-refractivity contribution in [3.05, 3.63) is 40.5 Å². The minimum absolute atomic E-state index is 0.0345. The Morgan fingerprint density at radius 3 is 2.47 bits per heavy atom. The van der Waals surface area contributed by atoms with Gasteiger partial charge in [0.1, 0.15) is 5.82 Å². The molecule has 1 saturated heterocycles. The largest absolute Gasteiger partial charge is 0.382 e. The molecule has 4 heterocycles. The van der Waals surface area contributed by atoms with Crippen LogP contribution in [0.4, 0.5) is 10.1 Å². The summed E-state index contributed by atoms with van der Waals surface area (Å²) in [5, 5.41) is 6.54. The van der Waals surface area contributed by atoms with Crippen molar-refractivity contribution < 1.29 is 27.1 Å². The van der Waals surface area contributed by atoms with Gasteiger partial charge >= 0.3 is 0 Å². The average Bonchev–Trinajstić information content (AvgIpc) is 3.65. The third-order valence-electron chi connectivity index (χ3n) is 9.33. The van der Waals surface area contributed by atoms with Gasteiger partial charge in [-0.1, -0.05) is 13.8 Å². The van der Waals surface area contributed by atoms with E-state index in [4.69, 9.17) is 10.5 Å². The van der Waals surface area contributed by atoms with Crippen molar-refractivity contribution in [2.24, 2.45) is 11.1 Å². The van der Waals surface area contributed by atoms with Gasteiger partial charge in [0.2, 0.25) is 5.91 Å². The van der Waals surface area contributed by atoms with Gasteiger partial charge in [-0.2, -0.15) is 0 Å². The number of benzene rings is 1. The van der Waals surface area contributed by atoms with Crippen LogP contribution in [0.15, 0.2) is 17.0 Å². The van der Waals surface area contributed by atoms with Crippen molar-refractivity contribution in [1.82, 2.24) is 14.8 Å². The molecule has 1 aromatic carbocycles. The number of ether oxygens (including phenoxy) is 1. The molecule has 2 amide bonds. The summed E-state index contributed by atoms with van der Waals surface area (Å²) in [7, 11) is -3.57. The zero-order valence-corrected chi connectivity index (χ0v) is 25.8. The monoisotopic (exact) mass is 615 g/mol. The molecule has 4 N–H and O–H groups in total. The molecule has 0 radical (unpaired) electrons. The van der Waals surface area contributed by atoms with E-state index in [9.17, 15) is 18.0 Å². The predicted molar refractivity (Wildman–Crippen MR) is 160 cm³/mol. The Morgan fingerprint density at radius 1 is 1.07 bits per heavy atom. The van der Waals surface area contributed by atoms with Crippen LogP contribution in [0, 0.1) is 11.2 Å². The predicted octanol–water partition coefficient (Wildman–Crippen LogP) is 3.43. The van der Waals surface area contributed by atoms with Crippen molar-refractivity contribution >= 4 is 27.3 Å². The zero-order valence-electron chi connectivity index (χ0n) is 25.0. The van der Waals surface area contributed by atoms with Gasteiger partial charge in [-0.05, 0) is 75.6 Å². The number of hydrogen-bond donors (Lipinski definition) is 3. The Labute approximate surface area is 252 Å². The molecule has 2 fully saturated rings. The van der Waals surface area contributed by atoms with Gasteiger partial charge in [-0.25, -0.2) is 12.8 Å². The fraction of sp³-hybridized carbons (Fsp3) is 0.613. The SMILES string of the molecule is CC1(C)Cc2c(c3c(n2-c2cc(F)c(C(N)=O)c(N[C@H]4CC[C@H](NC(=O)CCN5CCCC5)CC4)c2)COC3)S(=O)(=O)C1. The fourth-order valence-corrected chi connectivity index (χ4v) is 9.79. The first-order chi connectivity index (χ1) is 20.4. The van der Waals surface area contributed by atoms with E-state index in [2.05, 4.69) is 15.5 Å². The zero-order chi connectivity index (χ0) is 30.5. The molecular formula is C31H42FN5O5S. The minimum Gasteiger partial charge on any atom is -0.382 e. The number of halogens is 1. The van der Waals surface area contributed by atoms with Gasteiger partial charge in [0, 0.05) is 36.3 Å². The second-order valence-electron chi connectivity index (χ2n) is 13.4. The summed E-state index contributed by atoms with van der Waals surface area (Å²) in [6.07, 6.45) is 6.41. The van der Waals surface area contributed by atoms with Crippen LogP contribution in [-0.4, -0.2) is 67.2 Å². The summed E-state index contributed by atoms with van der Waals surface area (Å²) in [6.45, 7) is 7.18. The maximum absolute atomic E-state index is 15.6. The highest BCUT2D eigenvalue weighted by Gasteiger charge is 2.43. The quantitative estimate of drug-likeness (QED) is 0.414. The summed E-state index contributed by atoms with van der Waals surface area (Å²) in [5.74, 6) is -1.53. The standard InChI is InChI=1S/C31H42FN5O5S/c1-31(2)15-25-29(43(40,41)18-31)22-16-42-17-26(22)37(25)21-13-23(32)28(30(33)39)24(14-21)34-19-5-7-20(8-6-19)35-27(38)9-12-36-10-3-4-11-36/h13-14,19-20,34H,3-12,15-18H2,1-2H3,(H2,33,39)(H,35,38)/t19-,20-. The number of sulfone groups is 1. The van der Waals surface area contributed by atoms with E-state index in [1.165, 1.54) is 18.9 Å². The summed E-state index contributed by atoms with van der Waals surface area (Å²) >= 11 is 0. The Bertz CT molecular complexity index is 1540. The van der Waals surface area contributed by atoms with Crippen LogP contribution in [0.1, 0.15) is 86.1 Å². The molecule has 0 spiro atoms. The number of amides is 2. The summed E-state index contributed by atoms with van der Waals surface area (Å²) in [6, 6.07) is 3.00. The number of anilines is 1. The number of carbonyl (C=O) groups excluding carboxylic acids is 2. The van der Waals surface area contributed by atoms with Gasteiger partial charge in [-0.3, -0.25) is 9.59 Å². The molecule has 6 rings (SSSR count). The molecule has 43 heavy (non-hydrogen) atoms. The molecule has 2 aromatic rings. The highest BCUT2D eigenvalue weighted by molar-refractivity contribution is 7.91. The number of nitrogens with zero attached hydrogens (tertiary/aromatic N) is 2. The molecule has 234 valence electrons. The maximum Gasteiger partial charge on any atom is 0.253 e. The normalized spacial score (nSPS) is 24.3. The highest BCUT2D eigenvalue weighted by Crippen LogP contribution is 2.44. The second kappa shape index (κ2) is 11.5. The fourth-order valence-electron chi connectivity index (χ4n) is 7.44. The summed E-state index contributed by atoms with van der Waals surface area (Å²) in [5.41, 5.74) is 7.60. The number of aromatic nitrogens is 1. The third kappa shape index (κ3) is 6.06. The second-order valence-corrected chi connectivity index (χ2v) is 15.3. The summed E-state index contributed by atoms with van der Waals surface area (Å²) < 4.78 is 49.8. The molecule has 4 aliphatic rings. The van der Waals surface area contributed by atoms with E-state index in [-0.39, 0.29) is 48.2 Å². The smallest absolute Gasteiger partial charge is 0.253 e. The first kappa shape index (κ1) is 30.1. The summed E-state index contributed by atoms with van der Waals surface area (Å²) in [4.78, 5) is 27.5. The van der Waals surface area contributed by atoms with Crippen molar-refractivity contribution in [2.75, 3.05) is 30.7 Å². The molecule has 1 saturated carbocycles. The highest BCUT2D eigenvalue weighted by atomic mass is 32.2. The molecule has 1 aromatic heterocycles. The Hall–Kier alpha value is -2.96. The molecule has 0 atom stereocenters. The number of rotatable bonds is 8. The van der Waals surface area contributed by atoms with E-state index < -0.39 is 27.0 Å². The first-order valence-electron chi connectivity index (χ1n) is 15.4. The van der Waals surface area contributed by atoms with Gasteiger partial charge in [0.25, 0.3) is 5.91 Å². The number of fused-ring (bicyclic) bond motifs is 3. The van der Waals surface area contributed by atoms with E-state index in [1.807, 2.05) is 18.4 Å². The van der Waals surface area contributed by atoms with Crippen LogP contribution < -0.4 is 16.4 Å². The van der Waals surface area contributed by atoms with Crippen molar-refractivity contribution in [1.29, 1.82) is 0 Å². The van der Waals surface area contributed by atoms with Gasteiger partial charge < -0.3 is 30.6 Å². The van der Waals surface area contributed by atoms with Crippen molar-refractivity contribution in [2.45, 2.75) is 95.4 Å². The Balaban J connectivity index is 1.22. The molecular weight excluding hydrogens is 573 g/mol. The number of primary amides is 1. The number of likely N-dealkylation sites (tertiary alicyclic amines) is 1. The number of hydrogen-bond acceptors (Lipinski definition) is 7. The number of nitrogens with two attached hydrogens (primary N) is 1. The topological polar surface area (TPSA) is 136 Å². The van der Waals surface area contributed by atoms with Crippen LogP contribution >= 0.6 is 0 Å². The minimum atomic E-state index is -3.57. The van der Waals surface area contributed by atoms with Gasteiger partial charge in [0.15, 0.2) is 9.84 Å². The maximum atomic E-state index is 15.6. The Morgan fingerprint density at radius 2 is 1.77 bits per heavy atom. The molecule has 12 heteroatoms. The van der Waals surface area contributed by atoms with E-state index in [0.29, 0.717) is 40.4 Å². The molecule has 0 bridgehead atoms. The van der Waals surface area contributed by atoms with Crippen LogP contribution in [0.2, 0.25) is 0 Å². The molecule has 1 aliphatic carbocycles. The van der Waals surface area contributed by atoms with Crippen molar-refractivity contribution in [3.8, 4) is 5.69 Å². The number of carbonyl (C=O) groups is 2. The number of nitrogens with one attached hydrogen (secondary N) is 2. The third-order valence-corrected chi connectivity index (χ3v) is 11.6. The van der Waals surface area contributed by atoms with Crippen molar-refractivity contribution in [3.63, 3.8) is 0 Å². The van der Waals surface area contributed by atoms with Gasteiger partial charge in [-0.15, -0.1) is 0 Å². The van der Waals surface area contributed by atoms with E-state index in [1.54, 1.807) is 6.07 Å². The lowest BCUT2D eigenvalue weighted by Crippen LogP contribution is -2.41. The van der Waals surface area contributed by atoms with Crippen LogP contribution in [-0.2, 0) is 39.0 Å². The van der Waals surface area contributed by atoms with Crippen LogP contribution in [0.5, 0.6) is 0 Å². The van der Waals surface area contributed by atoms with Crippen LogP contribution in [0.25, 0.3) is 5.69 Å². The van der Waals surface area contributed by atoms with E-state index >= 15 is 4.39 Å². The molecule has 10 nitrogen and oxygen atoms in total. The average molecular weight is 616 g/mol. The first-order valence-corrected chi connectivity index (χ1v) is 17.0. The molecule has 3 aliphatic heterocycles. The van der Waals surface area contributed by atoms with Gasteiger partial charge in [0.05, 0.1) is 46.5 Å². The lowest BCUT2D eigenvalue weighted by atomic mass is 9.89. The lowest BCUT2D eigenvalue weighted by Gasteiger charge is -2.32. The van der Waals surface area contributed by atoms with Crippen LogP contribution in [0.3, 0.4) is 0 Å².